The van der Waals surface area contributed by atoms with Gasteiger partial charge in [-0.2, -0.15) is 0 Å². The Morgan fingerprint density at radius 2 is 2.00 bits per heavy atom. The second-order valence-electron chi connectivity index (χ2n) is 6.28. The lowest BCUT2D eigenvalue weighted by atomic mass is 9.99. The highest BCUT2D eigenvalue weighted by Gasteiger charge is 2.19. The van der Waals surface area contributed by atoms with E-state index in [-0.39, 0.29) is 12.1 Å². The Labute approximate surface area is 142 Å². The fourth-order valence-electron chi connectivity index (χ4n) is 3.12. The van der Waals surface area contributed by atoms with Gasteiger partial charge in [0.15, 0.2) is 0 Å². The van der Waals surface area contributed by atoms with Crippen LogP contribution < -0.4 is 10.6 Å². The van der Waals surface area contributed by atoms with Crippen LogP contribution in [0.5, 0.6) is 0 Å². The number of carbonyl (C=O) groups excluding carboxylic acids is 1. The van der Waals surface area contributed by atoms with E-state index < -0.39 is 0 Å². The van der Waals surface area contributed by atoms with Gasteiger partial charge in [0.1, 0.15) is 0 Å². The summed E-state index contributed by atoms with van der Waals surface area (Å²) in [6, 6.07) is 10.0. The molecule has 0 radical (unpaired) electrons. The molecule has 0 bridgehead atoms. The minimum Gasteiger partial charge on any atom is -0.371 e. The van der Waals surface area contributed by atoms with Gasteiger partial charge in [0.05, 0.1) is 24.1 Å². The van der Waals surface area contributed by atoms with Crippen LogP contribution in [0.3, 0.4) is 0 Å². The molecule has 5 heteroatoms. The molecule has 1 aliphatic rings. The van der Waals surface area contributed by atoms with Crippen LogP contribution in [0.25, 0.3) is 0 Å². The smallest absolute Gasteiger partial charge is 0.319 e. The maximum absolute atomic E-state index is 12.2. The van der Waals surface area contributed by atoms with E-state index in [1.165, 1.54) is 11.1 Å². The van der Waals surface area contributed by atoms with Crippen LogP contribution in [0, 0.1) is 20.8 Å². The van der Waals surface area contributed by atoms with Crippen LogP contribution in [-0.2, 0) is 17.8 Å². The van der Waals surface area contributed by atoms with Gasteiger partial charge in [0.25, 0.3) is 0 Å². The van der Waals surface area contributed by atoms with Crippen molar-refractivity contribution >= 4 is 11.7 Å². The number of anilines is 1. The second-order valence-corrected chi connectivity index (χ2v) is 6.28. The maximum Gasteiger partial charge on any atom is 0.319 e. The first-order valence-corrected chi connectivity index (χ1v) is 8.21. The highest BCUT2D eigenvalue weighted by molar-refractivity contribution is 5.90. The van der Waals surface area contributed by atoms with Crippen LogP contribution in [0.4, 0.5) is 10.5 Å². The first-order chi connectivity index (χ1) is 11.5. The molecule has 0 aliphatic carbocycles. The van der Waals surface area contributed by atoms with E-state index in [0.717, 1.165) is 29.1 Å². The highest BCUT2D eigenvalue weighted by Crippen LogP contribution is 2.21. The van der Waals surface area contributed by atoms with Gasteiger partial charge in [-0.25, -0.2) is 4.79 Å². The molecule has 1 aliphatic heterocycles. The standard InChI is InChI=1S/C19H23N3O2/c1-12-8-13(2)21-14(3)18(12)22-19(23)20-10-17-9-15-6-4-5-7-16(15)11-24-17/h4-8,17H,9-11H2,1-3H3,(H2,20,22,23)/t17-/m0/s1. The first-order valence-electron chi connectivity index (χ1n) is 8.21. The molecule has 1 atom stereocenters. The number of nitrogens with zero attached hydrogens (tertiary/aromatic N) is 1. The number of ether oxygens (including phenoxy) is 1. The Morgan fingerprint density at radius 1 is 1.25 bits per heavy atom. The molecule has 5 nitrogen and oxygen atoms in total. The third kappa shape index (κ3) is 3.74. The molecule has 126 valence electrons. The van der Waals surface area contributed by atoms with Crippen molar-refractivity contribution in [1.29, 1.82) is 0 Å². The predicted octanol–water partition coefficient (Wildman–Crippen LogP) is 3.27. The molecule has 2 amide bonds. The number of hydrogen-bond acceptors (Lipinski definition) is 3. The minimum absolute atomic E-state index is 0.00369. The molecular weight excluding hydrogens is 302 g/mol. The molecule has 0 saturated heterocycles. The van der Waals surface area contributed by atoms with E-state index in [2.05, 4.69) is 27.8 Å². The van der Waals surface area contributed by atoms with Crippen LogP contribution in [0.1, 0.15) is 28.1 Å². The summed E-state index contributed by atoms with van der Waals surface area (Å²) in [7, 11) is 0. The van der Waals surface area contributed by atoms with Gasteiger partial charge in [0, 0.05) is 18.7 Å². The van der Waals surface area contributed by atoms with E-state index in [4.69, 9.17) is 4.74 Å². The van der Waals surface area contributed by atoms with Gasteiger partial charge < -0.3 is 15.4 Å². The van der Waals surface area contributed by atoms with Crippen LogP contribution in [0.2, 0.25) is 0 Å². The number of carbonyl (C=O) groups is 1. The lowest BCUT2D eigenvalue weighted by molar-refractivity contribution is 0.0308. The molecule has 0 saturated carbocycles. The zero-order valence-electron chi connectivity index (χ0n) is 14.3. The van der Waals surface area contributed by atoms with Crippen molar-refractivity contribution in [3.8, 4) is 0 Å². The van der Waals surface area contributed by atoms with Gasteiger partial charge in [-0.3, -0.25) is 4.98 Å². The average Bonchev–Trinajstić information content (AvgIpc) is 2.56. The summed E-state index contributed by atoms with van der Waals surface area (Å²) in [5, 5.41) is 5.79. The van der Waals surface area contributed by atoms with Gasteiger partial charge in [-0.15, -0.1) is 0 Å². The lowest BCUT2D eigenvalue weighted by Gasteiger charge is -2.25. The third-order valence-corrected chi connectivity index (χ3v) is 4.29. The SMILES string of the molecule is Cc1cc(C)c(NC(=O)NC[C@@H]2Cc3ccccc3CO2)c(C)n1. The summed E-state index contributed by atoms with van der Waals surface area (Å²) in [5.74, 6) is 0. The number of rotatable bonds is 3. The quantitative estimate of drug-likeness (QED) is 0.910. The second kappa shape index (κ2) is 7.01. The van der Waals surface area contributed by atoms with Gasteiger partial charge in [-0.1, -0.05) is 24.3 Å². The topological polar surface area (TPSA) is 63.2 Å². The highest BCUT2D eigenvalue weighted by atomic mass is 16.5. The summed E-state index contributed by atoms with van der Waals surface area (Å²) in [5.41, 5.74) is 6.09. The third-order valence-electron chi connectivity index (χ3n) is 4.29. The molecule has 3 rings (SSSR count). The monoisotopic (exact) mass is 325 g/mol. The zero-order chi connectivity index (χ0) is 17.1. The van der Waals surface area contributed by atoms with Gasteiger partial charge in [-0.05, 0) is 43.5 Å². The fourth-order valence-corrected chi connectivity index (χ4v) is 3.12. The lowest BCUT2D eigenvalue weighted by Crippen LogP contribution is -2.39. The van der Waals surface area contributed by atoms with Crippen molar-refractivity contribution < 1.29 is 9.53 Å². The molecule has 1 aromatic heterocycles. The number of aryl methyl sites for hydroxylation is 3. The number of fused-ring (bicyclic) bond motifs is 1. The van der Waals surface area contributed by atoms with Crippen molar-refractivity contribution in [1.82, 2.24) is 10.3 Å². The summed E-state index contributed by atoms with van der Waals surface area (Å²) in [6.45, 7) is 6.90. The van der Waals surface area contributed by atoms with Crippen molar-refractivity contribution in [2.24, 2.45) is 0 Å². The Morgan fingerprint density at radius 3 is 2.75 bits per heavy atom. The minimum atomic E-state index is -0.227. The summed E-state index contributed by atoms with van der Waals surface area (Å²) >= 11 is 0. The molecule has 2 aromatic rings. The van der Waals surface area contributed by atoms with E-state index in [0.29, 0.717) is 13.2 Å². The van der Waals surface area contributed by atoms with Crippen LogP contribution in [0.15, 0.2) is 30.3 Å². The number of hydrogen-bond donors (Lipinski definition) is 2. The van der Waals surface area contributed by atoms with Crippen LogP contribution >= 0.6 is 0 Å². The van der Waals surface area contributed by atoms with Gasteiger partial charge >= 0.3 is 6.03 Å². The Kier molecular flexibility index (Phi) is 4.81. The van der Waals surface area contributed by atoms with Crippen molar-refractivity contribution in [3.63, 3.8) is 0 Å². The number of benzene rings is 1. The first kappa shape index (κ1) is 16.5. The molecule has 2 heterocycles. The Balaban J connectivity index is 1.55. The zero-order valence-corrected chi connectivity index (χ0v) is 14.3. The molecule has 0 fully saturated rings. The van der Waals surface area contributed by atoms with Crippen LogP contribution in [-0.4, -0.2) is 23.7 Å². The summed E-state index contributed by atoms with van der Waals surface area (Å²) in [6.07, 6.45) is 0.824. The predicted molar refractivity (Wildman–Crippen MR) is 94.2 cm³/mol. The fraction of sp³-hybridized carbons (Fsp3) is 0.368. The van der Waals surface area contributed by atoms with E-state index in [1.807, 2.05) is 39.0 Å². The van der Waals surface area contributed by atoms with Gasteiger partial charge in [0.2, 0.25) is 0 Å². The summed E-state index contributed by atoms with van der Waals surface area (Å²) < 4.78 is 5.81. The average molecular weight is 325 g/mol. The van der Waals surface area contributed by atoms with E-state index in [9.17, 15) is 4.79 Å². The Bertz CT molecular complexity index is 735. The van der Waals surface area contributed by atoms with E-state index in [1.54, 1.807) is 0 Å². The number of pyridine rings is 1. The van der Waals surface area contributed by atoms with E-state index >= 15 is 0 Å². The molecule has 24 heavy (non-hydrogen) atoms. The van der Waals surface area contributed by atoms with Crippen molar-refractivity contribution in [2.75, 3.05) is 11.9 Å². The maximum atomic E-state index is 12.2. The largest absolute Gasteiger partial charge is 0.371 e. The van der Waals surface area contributed by atoms with Crippen molar-refractivity contribution in [3.05, 3.63) is 58.4 Å². The normalized spacial score (nSPS) is 16.4. The molecule has 2 N–H and O–H groups in total. The molecule has 0 unspecified atom stereocenters. The number of amides is 2. The molecule has 1 aromatic carbocycles. The number of aromatic nitrogens is 1. The van der Waals surface area contributed by atoms with Crippen molar-refractivity contribution in [2.45, 2.75) is 39.9 Å². The molecule has 0 spiro atoms. The Hall–Kier alpha value is -2.40. The summed E-state index contributed by atoms with van der Waals surface area (Å²) in [4.78, 5) is 16.6. The number of urea groups is 1. The number of nitrogens with one attached hydrogen (secondary N) is 2. The molecular formula is C19H23N3O2.